The van der Waals surface area contributed by atoms with Crippen molar-refractivity contribution in [2.24, 2.45) is 0 Å². The Balaban J connectivity index is 1.91. The Bertz CT molecular complexity index is 527. The zero-order valence-corrected chi connectivity index (χ0v) is 12.9. The number of hydrogen-bond acceptors (Lipinski definition) is 6. The van der Waals surface area contributed by atoms with Crippen LogP contribution in [0.5, 0.6) is 0 Å². The van der Waals surface area contributed by atoms with Crippen LogP contribution in [0.25, 0.3) is 0 Å². The van der Waals surface area contributed by atoms with Crippen molar-refractivity contribution in [2.45, 2.75) is 24.3 Å². The van der Waals surface area contributed by atoms with E-state index in [2.05, 4.69) is 15.0 Å². The molecule has 1 aliphatic heterocycles. The second-order valence-electron chi connectivity index (χ2n) is 4.73. The summed E-state index contributed by atoms with van der Waals surface area (Å²) in [6.07, 6.45) is 2.08. The first kappa shape index (κ1) is 16.2. The fourth-order valence-corrected chi connectivity index (χ4v) is 2.85. The van der Waals surface area contributed by atoms with Gasteiger partial charge in [0.05, 0.1) is 25.9 Å². The Morgan fingerprint density at radius 3 is 2.86 bits per heavy atom. The molecule has 1 aromatic rings. The number of nitrogens with one attached hydrogen (secondary N) is 2. The van der Waals surface area contributed by atoms with Gasteiger partial charge in [-0.05, 0) is 18.6 Å². The largest absolute Gasteiger partial charge is 0.376 e. The Labute approximate surface area is 125 Å². The Morgan fingerprint density at radius 2 is 2.24 bits per heavy atom. The van der Waals surface area contributed by atoms with Gasteiger partial charge in [0.2, 0.25) is 10.0 Å². The first-order valence-corrected chi connectivity index (χ1v) is 8.49. The molecule has 0 aromatic carbocycles. The first-order chi connectivity index (χ1) is 10.1. The molecule has 0 spiro atoms. The molecule has 21 heavy (non-hydrogen) atoms. The fraction of sp³-hybridized carbons (Fsp3) is 0.615. The predicted octanol–water partition coefficient (Wildman–Crippen LogP) is 0.597. The number of rotatable bonds is 7. The van der Waals surface area contributed by atoms with Crippen LogP contribution in [-0.2, 0) is 19.5 Å². The minimum Gasteiger partial charge on any atom is -0.376 e. The summed E-state index contributed by atoms with van der Waals surface area (Å²) in [6, 6.07) is 3.19. The molecule has 1 aromatic heterocycles. The van der Waals surface area contributed by atoms with Gasteiger partial charge in [-0.25, -0.2) is 18.1 Å². The molecule has 1 fully saturated rings. The van der Waals surface area contributed by atoms with E-state index in [9.17, 15) is 8.42 Å². The summed E-state index contributed by atoms with van der Waals surface area (Å²) in [7, 11) is -3.57. The van der Waals surface area contributed by atoms with Gasteiger partial charge in [0.25, 0.3) is 0 Å². The van der Waals surface area contributed by atoms with Gasteiger partial charge in [-0.2, -0.15) is 0 Å². The summed E-state index contributed by atoms with van der Waals surface area (Å²) in [5.41, 5.74) is 0. The lowest BCUT2D eigenvalue weighted by Crippen LogP contribution is -2.39. The zero-order valence-electron chi connectivity index (χ0n) is 12.0. The zero-order chi connectivity index (χ0) is 15.1. The molecule has 0 amide bonds. The van der Waals surface area contributed by atoms with Gasteiger partial charge in [-0.15, -0.1) is 0 Å². The second-order valence-corrected chi connectivity index (χ2v) is 6.49. The standard InChI is InChI=1S/C13H21N3O4S/c1-2-5-14-13-4-3-12(9-15-13)21(17,18)16-8-11-10-19-6-7-20-11/h3-4,9,11,16H,2,5-8,10H2,1H3,(H,14,15). The molecular weight excluding hydrogens is 294 g/mol. The van der Waals surface area contributed by atoms with Crippen molar-refractivity contribution in [2.75, 3.05) is 38.2 Å². The van der Waals surface area contributed by atoms with E-state index in [1.54, 1.807) is 6.07 Å². The normalized spacial score (nSPS) is 19.4. The molecule has 2 N–H and O–H groups in total. The van der Waals surface area contributed by atoms with Crippen molar-refractivity contribution in [1.29, 1.82) is 0 Å². The van der Waals surface area contributed by atoms with E-state index >= 15 is 0 Å². The summed E-state index contributed by atoms with van der Waals surface area (Å²) in [5.74, 6) is 0.666. The van der Waals surface area contributed by atoms with Gasteiger partial charge in [0, 0.05) is 19.3 Å². The molecule has 2 heterocycles. The molecular formula is C13H21N3O4S. The number of nitrogens with zero attached hydrogens (tertiary/aromatic N) is 1. The Morgan fingerprint density at radius 1 is 1.38 bits per heavy atom. The van der Waals surface area contributed by atoms with Crippen LogP contribution in [0.4, 0.5) is 5.82 Å². The molecule has 0 saturated carbocycles. The van der Waals surface area contributed by atoms with E-state index in [0.29, 0.717) is 25.6 Å². The molecule has 118 valence electrons. The molecule has 0 radical (unpaired) electrons. The SMILES string of the molecule is CCCNc1ccc(S(=O)(=O)NCC2COCCO2)cn1. The summed E-state index contributed by atoms with van der Waals surface area (Å²) < 4.78 is 37.4. The van der Waals surface area contributed by atoms with E-state index < -0.39 is 10.0 Å². The molecule has 1 aliphatic rings. The van der Waals surface area contributed by atoms with Crippen LogP contribution < -0.4 is 10.0 Å². The number of hydrogen-bond donors (Lipinski definition) is 2. The molecule has 1 saturated heterocycles. The van der Waals surface area contributed by atoms with Gasteiger partial charge in [0.1, 0.15) is 10.7 Å². The first-order valence-electron chi connectivity index (χ1n) is 7.01. The van der Waals surface area contributed by atoms with E-state index in [0.717, 1.165) is 13.0 Å². The third-order valence-corrected chi connectivity index (χ3v) is 4.40. The minimum absolute atomic E-state index is 0.140. The lowest BCUT2D eigenvalue weighted by atomic mass is 10.3. The molecule has 1 unspecified atom stereocenters. The number of sulfonamides is 1. The maximum atomic E-state index is 12.1. The van der Waals surface area contributed by atoms with Crippen molar-refractivity contribution < 1.29 is 17.9 Å². The van der Waals surface area contributed by atoms with Crippen LogP contribution in [0.15, 0.2) is 23.2 Å². The highest BCUT2D eigenvalue weighted by Gasteiger charge is 2.19. The van der Waals surface area contributed by atoms with Gasteiger partial charge in [-0.3, -0.25) is 0 Å². The smallest absolute Gasteiger partial charge is 0.242 e. The lowest BCUT2D eigenvalue weighted by molar-refractivity contribution is -0.0846. The van der Waals surface area contributed by atoms with Crippen LogP contribution in [0.2, 0.25) is 0 Å². The summed E-state index contributed by atoms with van der Waals surface area (Å²) in [6.45, 7) is 4.49. The molecule has 2 rings (SSSR count). The highest BCUT2D eigenvalue weighted by Crippen LogP contribution is 2.11. The third kappa shape index (κ3) is 4.92. The topological polar surface area (TPSA) is 89.6 Å². The molecule has 8 heteroatoms. The van der Waals surface area contributed by atoms with Gasteiger partial charge >= 0.3 is 0 Å². The maximum absolute atomic E-state index is 12.1. The summed E-state index contributed by atoms with van der Waals surface area (Å²) in [5, 5.41) is 3.09. The number of anilines is 1. The summed E-state index contributed by atoms with van der Waals surface area (Å²) in [4.78, 5) is 4.23. The van der Waals surface area contributed by atoms with Crippen molar-refractivity contribution in [3.8, 4) is 0 Å². The monoisotopic (exact) mass is 315 g/mol. The van der Waals surface area contributed by atoms with Crippen molar-refractivity contribution in [3.05, 3.63) is 18.3 Å². The van der Waals surface area contributed by atoms with Gasteiger partial charge in [-0.1, -0.05) is 6.92 Å². The highest BCUT2D eigenvalue weighted by atomic mass is 32.2. The van der Waals surface area contributed by atoms with Crippen LogP contribution in [-0.4, -0.2) is 52.4 Å². The van der Waals surface area contributed by atoms with E-state index in [1.165, 1.54) is 12.3 Å². The Kier molecular flexibility index (Phi) is 5.92. The predicted molar refractivity (Wildman–Crippen MR) is 78.8 cm³/mol. The highest BCUT2D eigenvalue weighted by molar-refractivity contribution is 7.89. The van der Waals surface area contributed by atoms with Crippen LogP contribution >= 0.6 is 0 Å². The van der Waals surface area contributed by atoms with Gasteiger partial charge < -0.3 is 14.8 Å². The minimum atomic E-state index is -3.57. The number of aromatic nitrogens is 1. The quantitative estimate of drug-likeness (QED) is 0.766. The second kappa shape index (κ2) is 7.69. The Hall–Kier alpha value is -1.22. The molecule has 7 nitrogen and oxygen atoms in total. The third-order valence-electron chi connectivity index (χ3n) is 2.99. The van der Waals surface area contributed by atoms with Crippen molar-refractivity contribution >= 4 is 15.8 Å². The lowest BCUT2D eigenvalue weighted by Gasteiger charge is -2.23. The maximum Gasteiger partial charge on any atom is 0.242 e. The number of pyridine rings is 1. The van der Waals surface area contributed by atoms with Gasteiger partial charge in [0.15, 0.2) is 0 Å². The molecule has 0 bridgehead atoms. The average Bonchev–Trinajstić information content (AvgIpc) is 2.52. The summed E-state index contributed by atoms with van der Waals surface area (Å²) >= 11 is 0. The average molecular weight is 315 g/mol. The van der Waals surface area contributed by atoms with Crippen LogP contribution in [0.3, 0.4) is 0 Å². The van der Waals surface area contributed by atoms with Crippen LogP contribution in [0.1, 0.15) is 13.3 Å². The van der Waals surface area contributed by atoms with E-state index in [1.807, 2.05) is 6.92 Å². The fourth-order valence-electron chi connectivity index (χ4n) is 1.84. The molecule has 0 aliphatic carbocycles. The van der Waals surface area contributed by atoms with Crippen molar-refractivity contribution in [1.82, 2.24) is 9.71 Å². The molecule has 1 atom stereocenters. The van der Waals surface area contributed by atoms with Crippen molar-refractivity contribution in [3.63, 3.8) is 0 Å². The van der Waals surface area contributed by atoms with E-state index in [4.69, 9.17) is 9.47 Å². The van der Waals surface area contributed by atoms with E-state index in [-0.39, 0.29) is 17.5 Å². The van der Waals surface area contributed by atoms with Crippen LogP contribution in [0, 0.1) is 0 Å². The number of ether oxygens (including phenoxy) is 2.